The minimum atomic E-state index is -0.669. The van der Waals surface area contributed by atoms with Crippen LogP contribution in [0.4, 0.5) is 0 Å². The van der Waals surface area contributed by atoms with Crippen LogP contribution in [-0.4, -0.2) is 33.8 Å². The molecule has 2 aromatic heterocycles. The highest BCUT2D eigenvalue weighted by Gasteiger charge is 2.16. The van der Waals surface area contributed by atoms with Crippen molar-refractivity contribution in [2.24, 2.45) is 5.73 Å². The third-order valence-corrected chi connectivity index (χ3v) is 2.17. The highest BCUT2D eigenvalue weighted by atomic mass is 16.2. The van der Waals surface area contributed by atoms with Gasteiger partial charge in [0.1, 0.15) is 11.8 Å². The van der Waals surface area contributed by atoms with E-state index >= 15 is 0 Å². The molecule has 0 atom stereocenters. The molecule has 0 fully saturated rings. The molecule has 0 aromatic carbocycles. The summed E-state index contributed by atoms with van der Waals surface area (Å²) in [7, 11) is 1.51. The molecule has 2 amide bonds. The van der Waals surface area contributed by atoms with Crippen LogP contribution in [0.5, 0.6) is 0 Å². The molecule has 4 N–H and O–H groups in total. The quantitative estimate of drug-likeness (QED) is 0.626. The lowest BCUT2D eigenvalue weighted by Crippen LogP contribution is -2.18. The molecule has 82 valence electrons. The van der Waals surface area contributed by atoms with E-state index in [0.29, 0.717) is 16.6 Å². The van der Waals surface area contributed by atoms with Gasteiger partial charge in [-0.2, -0.15) is 0 Å². The van der Waals surface area contributed by atoms with Crippen molar-refractivity contribution in [1.29, 1.82) is 0 Å². The van der Waals surface area contributed by atoms with E-state index in [1.807, 2.05) is 0 Å². The van der Waals surface area contributed by atoms with Gasteiger partial charge in [-0.15, -0.1) is 0 Å². The molecule has 0 aliphatic rings. The minimum absolute atomic E-state index is 0.0696. The summed E-state index contributed by atoms with van der Waals surface area (Å²) in [5.41, 5.74) is 6.31. The van der Waals surface area contributed by atoms with Gasteiger partial charge in [0.15, 0.2) is 5.69 Å². The van der Waals surface area contributed by atoms with Crippen molar-refractivity contribution in [2.45, 2.75) is 0 Å². The summed E-state index contributed by atoms with van der Waals surface area (Å²) < 4.78 is 0. The van der Waals surface area contributed by atoms with E-state index in [2.05, 4.69) is 20.3 Å². The molecular formula is C9H9N5O2. The van der Waals surface area contributed by atoms with E-state index in [-0.39, 0.29) is 11.6 Å². The van der Waals surface area contributed by atoms with Crippen LogP contribution in [0, 0.1) is 0 Å². The Balaban J connectivity index is 2.71. The van der Waals surface area contributed by atoms with Gasteiger partial charge in [0, 0.05) is 13.2 Å². The van der Waals surface area contributed by atoms with Gasteiger partial charge in [0.25, 0.3) is 11.8 Å². The first-order valence-corrected chi connectivity index (χ1v) is 4.49. The number of nitrogens with zero attached hydrogens (tertiary/aromatic N) is 2. The number of nitrogens with one attached hydrogen (secondary N) is 2. The molecule has 0 unspecified atom stereocenters. The van der Waals surface area contributed by atoms with E-state index < -0.39 is 5.91 Å². The van der Waals surface area contributed by atoms with Gasteiger partial charge in [0.05, 0.1) is 11.1 Å². The van der Waals surface area contributed by atoms with E-state index in [0.717, 1.165) is 0 Å². The molecule has 7 nitrogen and oxygen atoms in total. The summed E-state index contributed by atoms with van der Waals surface area (Å²) in [6.07, 6.45) is 2.66. The highest BCUT2D eigenvalue weighted by Crippen LogP contribution is 2.17. The fourth-order valence-electron chi connectivity index (χ4n) is 1.43. The second-order valence-corrected chi connectivity index (χ2v) is 3.09. The van der Waals surface area contributed by atoms with Crippen molar-refractivity contribution in [1.82, 2.24) is 20.3 Å². The molecule has 0 spiro atoms. The number of carbonyl (C=O) groups is 2. The normalized spacial score (nSPS) is 10.3. The number of primary amides is 1. The van der Waals surface area contributed by atoms with E-state index in [1.54, 1.807) is 0 Å². The van der Waals surface area contributed by atoms with Gasteiger partial charge >= 0.3 is 0 Å². The van der Waals surface area contributed by atoms with Gasteiger partial charge in [-0.05, 0) is 0 Å². The Morgan fingerprint density at radius 1 is 1.44 bits per heavy atom. The molecule has 0 radical (unpaired) electrons. The SMILES string of the molecule is CNC(=O)c1c[nH]c2c(C(N)=O)ncnc12. The van der Waals surface area contributed by atoms with Crippen LogP contribution in [0.15, 0.2) is 12.5 Å². The fraction of sp³-hybridized carbons (Fsp3) is 0.111. The monoisotopic (exact) mass is 219 g/mol. The standard InChI is InChI=1S/C9H9N5O2/c1-11-9(16)4-2-12-6-5(4)13-3-14-7(6)8(10)15/h2-3,12H,1H3,(H2,10,15)(H,11,16). The van der Waals surface area contributed by atoms with Crippen molar-refractivity contribution in [3.05, 3.63) is 23.8 Å². The predicted molar refractivity (Wildman–Crippen MR) is 55.8 cm³/mol. The number of hydrogen-bond donors (Lipinski definition) is 3. The molecule has 2 rings (SSSR count). The number of aromatic nitrogens is 3. The zero-order chi connectivity index (χ0) is 11.7. The minimum Gasteiger partial charge on any atom is -0.364 e. The van der Waals surface area contributed by atoms with Crippen LogP contribution < -0.4 is 11.1 Å². The van der Waals surface area contributed by atoms with Crippen LogP contribution in [0.25, 0.3) is 11.0 Å². The average Bonchev–Trinajstić information content (AvgIpc) is 2.71. The van der Waals surface area contributed by atoms with Crippen LogP contribution >= 0.6 is 0 Å². The molecule has 2 aromatic rings. The summed E-state index contributed by atoms with van der Waals surface area (Å²) in [6, 6.07) is 0. The molecule has 0 saturated carbocycles. The lowest BCUT2D eigenvalue weighted by atomic mass is 10.2. The van der Waals surface area contributed by atoms with Crippen LogP contribution in [0.2, 0.25) is 0 Å². The van der Waals surface area contributed by atoms with E-state index in [1.165, 1.54) is 19.6 Å². The number of nitrogens with two attached hydrogens (primary N) is 1. The highest BCUT2D eigenvalue weighted by molar-refractivity contribution is 6.09. The van der Waals surface area contributed by atoms with Gasteiger partial charge in [-0.25, -0.2) is 9.97 Å². The van der Waals surface area contributed by atoms with Gasteiger partial charge in [-0.1, -0.05) is 0 Å². The van der Waals surface area contributed by atoms with E-state index in [4.69, 9.17) is 5.73 Å². The maximum absolute atomic E-state index is 11.5. The zero-order valence-electron chi connectivity index (χ0n) is 8.44. The summed E-state index contributed by atoms with van der Waals surface area (Å²) >= 11 is 0. The van der Waals surface area contributed by atoms with Crippen molar-refractivity contribution in [3.8, 4) is 0 Å². The summed E-state index contributed by atoms with van der Waals surface area (Å²) in [5, 5.41) is 2.47. The first kappa shape index (κ1) is 10.1. The molecule has 7 heteroatoms. The molecule has 0 bridgehead atoms. The predicted octanol–water partition coefficient (Wildman–Crippen LogP) is -0.584. The van der Waals surface area contributed by atoms with Gasteiger partial charge in [-0.3, -0.25) is 9.59 Å². The average molecular weight is 219 g/mol. The summed E-state index contributed by atoms with van der Waals surface area (Å²) in [4.78, 5) is 33.0. The number of fused-ring (bicyclic) bond motifs is 1. The third kappa shape index (κ3) is 1.38. The maximum Gasteiger partial charge on any atom is 0.269 e. The number of rotatable bonds is 2. The summed E-state index contributed by atoms with van der Waals surface area (Å²) in [6.45, 7) is 0. The number of aromatic amines is 1. The molecular weight excluding hydrogens is 210 g/mol. The Kier molecular flexibility index (Phi) is 2.28. The molecule has 2 heterocycles. The lowest BCUT2D eigenvalue weighted by Gasteiger charge is -1.98. The first-order chi connectivity index (χ1) is 7.65. The Morgan fingerprint density at radius 3 is 2.81 bits per heavy atom. The number of carbonyl (C=O) groups excluding carboxylic acids is 2. The lowest BCUT2D eigenvalue weighted by molar-refractivity contribution is 0.0962. The fourth-order valence-corrected chi connectivity index (χ4v) is 1.43. The Labute approximate surface area is 90.1 Å². The second kappa shape index (κ2) is 3.61. The molecule has 16 heavy (non-hydrogen) atoms. The van der Waals surface area contributed by atoms with Gasteiger partial charge in [0.2, 0.25) is 0 Å². The van der Waals surface area contributed by atoms with Crippen molar-refractivity contribution < 1.29 is 9.59 Å². The van der Waals surface area contributed by atoms with Crippen LogP contribution in [-0.2, 0) is 0 Å². The molecule has 0 saturated heterocycles. The third-order valence-electron chi connectivity index (χ3n) is 2.17. The number of amides is 2. The number of hydrogen-bond acceptors (Lipinski definition) is 4. The van der Waals surface area contributed by atoms with E-state index in [9.17, 15) is 9.59 Å². The second-order valence-electron chi connectivity index (χ2n) is 3.09. The Morgan fingerprint density at radius 2 is 2.19 bits per heavy atom. The number of H-pyrrole nitrogens is 1. The molecule has 0 aliphatic heterocycles. The Hall–Kier alpha value is -2.44. The maximum atomic E-state index is 11.5. The van der Waals surface area contributed by atoms with Gasteiger partial charge < -0.3 is 16.0 Å². The van der Waals surface area contributed by atoms with Crippen LogP contribution in [0.1, 0.15) is 20.8 Å². The Bertz CT molecular complexity index is 574. The van der Waals surface area contributed by atoms with Crippen molar-refractivity contribution >= 4 is 22.8 Å². The van der Waals surface area contributed by atoms with Crippen molar-refractivity contribution in [2.75, 3.05) is 7.05 Å². The summed E-state index contributed by atoms with van der Waals surface area (Å²) in [5.74, 6) is -0.960. The van der Waals surface area contributed by atoms with Crippen molar-refractivity contribution in [3.63, 3.8) is 0 Å². The smallest absolute Gasteiger partial charge is 0.269 e. The van der Waals surface area contributed by atoms with Crippen LogP contribution in [0.3, 0.4) is 0 Å². The zero-order valence-corrected chi connectivity index (χ0v) is 8.44. The topological polar surface area (TPSA) is 114 Å². The first-order valence-electron chi connectivity index (χ1n) is 4.49. The molecule has 0 aliphatic carbocycles. The largest absolute Gasteiger partial charge is 0.364 e.